The highest BCUT2D eigenvalue weighted by Gasteiger charge is 2.31. The number of rotatable bonds is 7. The Labute approximate surface area is 156 Å². The number of nitrogens with zero attached hydrogens (tertiary/aromatic N) is 2. The van der Waals surface area contributed by atoms with Crippen molar-refractivity contribution >= 4 is 31.9 Å². The maximum absolute atomic E-state index is 13.7. The molecule has 1 saturated heterocycles. The zero-order valence-corrected chi connectivity index (χ0v) is 16.7. The monoisotopic (exact) mass is 435 g/mol. The molecule has 1 unspecified atom stereocenters. The molecule has 0 spiro atoms. The molecule has 1 aromatic rings. The molecule has 1 heterocycles. The maximum atomic E-state index is 13.7. The first-order chi connectivity index (χ1) is 11.7. The van der Waals surface area contributed by atoms with Crippen molar-refractivity contribution in [3.05, 3.63) is 28.5 Å². The van der Waals surface area contributed by atoms with Crippen LogP contribution in [0.25, 0.3) is 0 Å². The van der Waals surface area contributed by atoms with Crippen LogP contribution >= 0.6 is 15.9 Å². The third kappa shape index (κ3) is 5.22. The van der Waals surface area contributed by atoms with Crippen LogP contribution in [0.1, 0.15) is 19.3 Å². The summed E-state index contributed by atoms with van der Waals surface area (Å²) in [6.45, 7) is 1.64. The molecule has 9 heteroatoms. The predicted octanol–water partition coefficient (Wildman–Crippen LogP) is 1.81. The third-order valence-corrected chi connectivity index (χ3v) is 6.16. The van der Waals surface area contributed by atoms with Crippen molar-refractivity contribution in [2.45, 2.75) is 30.2 Å². The Kier molecular flexibility index (Phi) is 6.95. The highest BCUT2D eigenvalue weighted by atomic mass is 79.9. The fraction of sp³-hybridized carbons (Fsp3) is 0.562. The second kappa shape index (κ2) is 8.57. The molecular formula is C16H23BrFN3O3S. The van der Waals surface area contributed by atoms with Gasteiger partial charge in [0.25, 0.3) is 0 Å². The summed E-state index contributed by atoms with van der Waals surface area (Å²) in [7, 11) is -0.430. The van der Waals surface area contributed by atoms with E-state index in [2.05, 4.69) is 25.6 Å². The Bertz CT molecular complexity index is 727. The first-order valence-corrected chi connectivity index (χ1v) is 10.4. The van der Waals surface area contributed by atoms with Crippen LogP contribution in [0.5, 0.6) is 0 Å². The van der Waals surface area contributed by atoms with Crippen LogP contribution in [0.4, 0.5) is 4.39 Å². The average Bonchev–Trinajstić information content (AvgIpc) is 3.01. The molecule has 0 radical (unpaired) electrons. The Balaban J connectivity index is 1.88. The van der Waals surface area contributed by atoms with Crippen LogP contribution in [0.15, 0.2) is 27.6 Å². The van der Waals surface area contributed by atoms with E-state index in [1.54, 1.807) is 19.0 Å². The summed E-state index contributed by atoms with van der Waals surface area (Å²) < 4.78 is 41.1. The summed E-state index contributed by atoms with van der Waals surface area (Å²) in [5.74, 6) is -0.707. The van der Waals surface area contributed by atoms with E-state index in [4.69, 9.17) is 0 Å². The summed E-state index contributed by atoms with van der Waals surface area (Å²) >= 11 is 3.15. The Morgan fingerprint density at radius 3 is 2.84 bits per heavy atom. The van der Waals surface area contributed by atoms with Gasteiger partial charge in [-0.05, 0) is 44.0 Å². The van der Waals surface area contributed by atoms with E-state index in [1.165, 1.54) is 12.1 Å². The number of hydrogen-bond acceptors (Lipinski definition) is 4. The highest BCUT2D eigenvalue weighted by Crippen LogP contribution is 2.20. The van der Waals surface area contributed by atoms with Crippen molar-refractivity contribution in [3.63, 3.8) is 0 Å². The predicted molar refractivity (Wildman–Crippen MR) is 97.2 cm³/mol. The van der Waals surface area contributed by atoms with E-state index in [0.29, 0.717) is 17.4 Å². The van der Waals surface area contributed by atoms with Crippen molar-refractivity contribution in [3.8, 4) is 0 Å². The molecule has 1 N–H and O–H groups in total. The smallest absolute Gasteiger partial charge is 0.243 e. The lowest BCUT2D eigenvalue weighted by atomic mass is 10.2. The number of carbonyl (C=O) groups excluding carboxylic acids is 1. The number of nitrogens with one attached hydrogen (secondary N) is 1. The highest BCUT2D eigenvalue weighted by molar-refractivity contribution is 9.10. The van der Waals surface area contributed by atoms with Gasteiger partial charge in [0.05, 0.1) is 6.04 Å². The molecule has 1 aromatic carbocycles. The van der Waals surface area contributed by atoms with Gasteiger partial charge < -0.3 is 4.90 Å². The van der Waals surface area contributed by atoms with Crippen LogP contribution in [0, 0.1) is 5.82 Å². The number of carbonyl (C=O) groups is 1. The van der Waals surface area contributed by atoms with Gasteiger partial charge in [0.1, 0.15) is 10.7 Å². The van der Waals surface area contributed by atoms with Gasteiger partial charge in [-0.1, -0.05) is 15.9 Å². The summed E-state index contributed by atoms with van der Waals surface area (Å²) in [6, 6.07) is 3.67. The maximum Gasteiger partial charge on any atom is 0.243 e. The van der Waals surface area contributed by atoms with Gasteiger partial charge in [0.15, 0.2) is 0 Å². The number of halogens is 2. The van der Waals surface area contributed by atoms with E-state index in [-0.39, 0.29) is 23.4 Å². The van der Waals surface area contributed by atoms with Crippen molar-refractivity contribution in [2.75, 3.05) is 33.7 Å². The quantitative estimate of drug-likeness (QED) is 0.663. The van der Waals surface area contributed by atoms with Crippen LogP contribution in [0.3, 0.4) is 0 Å². The first kappa shape index (κ1) is 20.3. The number of benzene rings is 1. The largest absolute Gasteiger partial charge is 0.347 e. The van der Waals surface area contributed by atoms with E-state index in [1.807, 2.05) is 0 Å². The summed E-state index contributed by atoms with van der Waals surface area (Å²) in [4.78, 5) is 15.4. The molecule has 1 aliphatic heterocycles. The van der Waals surface area contributed by atoms with Gasteiger partial charge in [-0.25, -0.2) is 17.5 Å². The van der Waals surface area contributed by atoms with Crippen molar-refractivity contribution in [1.82, 2.24) is 14.5 Å². The fourth-order valence-electron chi connectivity index (χ4n) is 2.92. The number of hydrogen-bond donors (Lipinski definition) is 1. The summed E-state index contributed by atoms with van der Waals surface area (Å²) in [5.41, 5.74) is 0. The lowest BCUT2D eigenvalue weighted by Crippen LogP contribution is -2.43. The Hall–Kier alpha value is -1.03. The minimum atomic E-state index is -3.90. The summed E-state index contributed by atoms with van der Waals surface area (Å²) in [5, 5.41) is 0. The second-order valence-electron chi connectivity index (χ2n) is 6.25. The molecule has 25 heavy (non-hydrogen) atoms. The molecule has 0 aromatic heterocycles. The fourth-order valence-corrected chi connectivity index (χ4v) is 4.61. The molecule has 1 atom stereocenters. The van der Waals surface area contributed by atoms with E-state index < -0.39 is 15.8 Å². The van der Waals surface area contributed by atoms with Crippen molar-refractivity contribution < 1.29 is 17.6 Å². The standard InChI is InChI=1S/C16H23BrFN3O3S/c1-20(2)16(22)14-5-3-9-21(14)10-4-8-19-25(23,24)15-11-12(17)6-7-13(15)18/h6-7,11,14,19H,3-5,8-10H2,1-2H3. The minimum Gasteiger partial charge on any atom is -0.347 e. The molecule has 1 amide bonds. The second-order valence-corrected chi connectivity index (χ2v) is 8.90. The molecule has 140 valence electrons. The van der Waals surface area contributed by atoms with Gasteiger partial charge in [-0.15, -0.1) is 0 Å². The molecule has 2 rings (SSSR count). The van der Waals surface area contributed by atoms with Crippen LogP contribution < -0.4 is 4.72 Å². The summed E-state index contributed by atoms with van der Waals surface area (Å²) in [6.07, 6.45) is 2.33. The van der Waals surface area contributed by atoms with E-state index in [9.17, 15) is 17.6 Å². The van der Waals surface area contributed by atoms with Crippen LogP contribution in [-0.4, -0.2) is 63.9 Å². The average molecular weight is 436 g/mol. The van der Waals surface area contributed by atoms with Crippen molar-refractivity contribution in [2.24, 2.45) is 0 Å². The molecule has 0 aliphatic carbocycles. The molecule has 0 bridgehead atoms. The number of sulfonamides is 1. The number of amides is 1. The van der Waals surface area contributed by atoms with Gasteiger partial charge >= 0.3 is 0 Å². The normalized spacial score (nSPS) is 18.5. The lowest BCUT2D eigenvalue weighted by molar-refractivity contribution is -0.133. The molecular weight excluding hydrogens is 413 g/mol. The van der Waals surface area contributed by atoms with Gasteiger partial charge in [0, 0.05) is 31.7 Å². The van der Waals surface area contributed by atoms with E-state index >= 15 is 0 Å². The SMILES string of the molecule is CN(C)C(=O)C1CCCN1CCCNS(=O)(=O)c1cc(Br)ccc1F. The molecule has 1 aliphatic rings. The zero-order valence-electron chi connectivity index (χ0n) is 14.3. The van der Waals surface area contributed by atoms with E-state index in [0.717, 1.165) is 25.5 Å². The minimum absolute atomic E-state index is 0.0780. The number of likely N-dealkylation sites (tertiary alicyclic amines) is 1. The Morgan fingerprint density at radius 2 is 2.16 bits per heavy atom. The van der Waals surface area contributed by atoms with Gasteiger partial charge in [-0.3, -0.25) is 9.69 Å². The topological polar surface area (TPSA) is 69.7 Å². The third-order valence-electron chi connectivity index (χ3n) is 4.19. The lowest BCUT2D eigenvalue weighted by Gasteiger charge is -2.26. The van der Waals surface area contributed by atoms with Gasteiger partial charge in [-0.2, -0.15) is 0 Å². The Morgan fingerprint density at radius 1 is 1.44 bits per heavy atom. The first-order valence-electron chi connectivity index (χ1n) is 8.12. The van der Waals surface area contributed by atoms with Crippen LogP contribution in [-0.2, 0) is 14.8 Å². The van der Waals surface area contributed by atoms with Crippen molar-refractivity contribution in [1.29, 1.82) is 0 Å². The number of likely N-dealkylation sites (N-methyl/N-ethyl adjacent to an activating group) is 1. The van der Waals surface area contributed by atoms with Crippen LogP contribution in [0.2, 0.25) is 0 Å². The van der Waals surface area contributed by atoms with Gasteiger partial charge in [0.2, 0.25) is 15.9 Å². The molecule has 0 saturated carbocycles. The molecule has 6 nitrogen and oxygen atoms in total. The zero-order chi connectivity index (χ0) is 18.6. The molecule has 1 fully saturated rings.